The van der Waals surface area contributed by atoms with Gasteiger partial charge in [-0.05, 0) is 18.2 Å². The van der Waals surface area contributed by atoms with Gasteiger partial charge in [0.1, 0.15) is 4.90 Å². The Hall–Kier alpha value is -1.64. The number of benzene rings is 1. The molecular weight excluding hydrogens is 280 g/mol. The van der Waals surface area contributed by atoms with Crippen LogP contribution >= 0.6 is 0 Å². The molecule has 0 aliphatic rings. The smallest absolute Gasteiger partial charge is 0.417 e. The van der Waals surface area contributed by atoms with Gasteiger partial charge in [0.2, 0.25) is 0 Å². The molecule has 0 N–H and O–H groups in total. The summed E-state index contributed by atoms with van der Waals surface area (Å²) < 4.78 is 75.6. The van der Waals surface area contributed by atoms with E-state index >= 15 is 0 Å². The molecule has 0 aromatic heterocycles. The van der Waals surface area contributed by atoms with Gasteiger partial charge in [0.15, 0.2) is 0 Å². The normalized spacial score (nSPS) is 12.3. The molecule has 1 aromatic rings. The molecule has 9 heteroatoms. The summed E-state index contributed by atoms with van der Waals surface area (Å²) in [6.07, 6.45) is -5.05. The highest BCUT2D eigenvalue weighted by molar-refractivity contribution is 7.86. The van der Waals surface area contributed by atoms with E-state index in [0.717, 1.165) is 7.11 Å². The fraction of sp³-hybridized carbons (Fsp3) is 0.222. The monoisotopic (exact) mass is 286 g/mol. The Bertz CT molecular complexity index is 577. The summed E-state index contributed by atoms with van der Waals surface area (Å²) in [6, 6.07) is 1.28. The summed E-state index contributed by atoms with van der Waals surface area (Å²) in [6.45, 7) is 0. The molecule has 0 fully saturated rings. The van der Waals surface area contributed by atoms with E-state index in [1.54, 1.807) is 0 Å². The summed E-state index contributed by atoms with van der Waals surface area (Å²) in [5.41, 5.74) is -2.18. The van der Waals surface area contributed by atoms with Crippen LogP contribution in [0.25, 0.3) is 0 Å². The predicted octanol–water partition coefficient (Wildman–Crippen LogP) is 2.15. The summed E-state index contributed by atoms with van der Waals surface area (Å²) in [5.74, 6) is -1.08. The molecule has 1 rings (SSSR count). The molecule has 0 atom stereocenters. The minimum atomic E-state index is -5.61. The van der Waals surface area contributed by atoms with E-state index in [1.165, 1.54) is 0 Å². The second-order valence-electron chi connectivity index (χ2n) is 3.14. The number of methoxy groups -OCH3 is 1. The van der Waals surface area contributed by atoms with Crippen LogP contribution < -0.4 is 0 Å². The Balaban J connectivity index is 3.55. The van der Waals surface area contributed by atoms with E-state index in [-0.39, 0.29) is 6.07 Å². The topological polar surface area (TPSA) is 60.4 Å². The molecular formula is C9H6F4O4S. The maximum absolute atomic E-state index is 12.8. The van der Waals surface area contributed by atoms with Crippen LogP contribution in [0, 0.1) is 0 Å². The number of carbonyl (C=O) groups is 1. The molecule has 0 aliphatic carbocycles. The lowest BCUT2D eigenvalue weighted by Gasteiger charge is -2.11. The Morgan fingerprint density at radius 3 is 2.22 bits per heavy atom. The molecule has 0 heterocycles. The van der Waals surface area contributed by atoms with Gasteiger partial charge in [-0.3, -0.25) is 0 Å². The summed E-state index contributed by atoms with van der Waals surface area (Å²) in [5, 5.41) is 0. The van der Waals surface area contributed by atoms with Crippen LogP contribution in [0.4, 0.5) is 17.1 Å². The van der Waals surface area contributed by atoms with Crippen molar-refractivity contribution in [3.8, 4) is 0 Å². The molecule has 0 aliphatic heterocycles. The van der Waals surface area contributed by atoms with Crippen LogP contribution in [-0.4, -0.2) is 21.5 Å². The van der Waals surface area contributed by atoms with Gasteiger partial charge >= 0.3 is 22.4 Å². The second-order valence-corrected chi connectivity index (χ2v) is 4.45. The maximum Gasteiger partial charge on any atom is 0.417 e. The van der Waals surface area contributed by atoms with Crippen molar-refractivity contribution in [1.29, 1.82) is 0 Å². The Morgan fingerprint density at radius 2 is 1.83 bits per heavy atom. The minimum Gasteiger partial charge on any atom is -0.465 e. The number of alkyl halides is 3. The number of hydrogen-bond donors (Lipinski definition) is 0. The quantitative estimate of drug-likeness (QED) is 0.475. The zero-order chi connectivity index (χ0) is 14.1. The van der Waals surface area contributed by atoms with E-state index in [1.807, 2.05) is 0 Å². The molecule has 18 heavy (non-hydrogen) atoms. The molecule has 1 aromatic carbocycles. The first kappa shape index (κ1) is 14.4. The van der Waals surface area contributed by atoms with E-state index in [9.17, 15) is 30.3 Å². The molecule has 0 bridgehead atoms. The van der Waals surface area contributed by atoms with Crippen LogP contribution in [-0.2, 0) is 21.1 Å². The first-order chi connectivity index (χ1) is 8.07. The van der Waals surface area contributed by atoms with E-state index in [4.69, 9.17) is 0 Å². The number of ether oxygens (including phenoxy) is 1. The van der Waals surface area contributed by atoms with Crippen molar-refractivity contribution in [2.45, 2.75) is 11.1 Å². The first-order valence-electron chi connectivity index (χ1n) is 4.31. The van der Waals surface area contributed by atoms with Crippen molar-refractivity contribution in [2.75, 3.05) is 7.11 Å². The van der Waals surface area contributed by atoms with Gasteiger partial charge in [0.05, 0.1) is 18.2 Å². The van der Waals surface area contributed by atoms with Crippen LogP contribution in [0.3, 0.4) is 0 Å². The van der Waals surface area contributed by atoms with E-state index < -0.39 is 38.4 Å². The van der Waals surface area contributed by atoms with Gasteiger partial charge in [-0.25, -0.2) is 4.79 Å². The number of carbonyl (C=O) groups excluding carboxylic acids is 1. The van der Waals surface area contributed by atoms with Crippen molar-refractivity contribution < 1.29 is 35.0 Å². The Labute approximate surface area is 99.4 Å². The summed E-state index contributed by atoms with van der Waals surface area (Å²) >= 11 is 0. The van der Waals surface area contributed by atoms with Gasteiger partial charge in [-0.1, -0.05) is 0 Å². The van der Waals surface area contributed by atoms with Gasteiger partial charge in [0, 0.05) is 0 Å². The number of rotatable bonds is 2. The molecule has 0 unspecified atom stereocenters. The van der Waals surface area contributed by atoms with Gasteiger partial charge in [0.25, 0.3) is 0 Å². The largest absolute Gasteiger partial charge is 0.465 e. The minimum absolute atomic E-state index is 0.282. The van der Waals surface area contributed by atoms with Gasteiger partial charge in [-0.15, -0.1) is 3.89 Å². The van der Waals surface area contributed by atoms with Gasteiger partial charge in [-0.2, -0.15) is 21.6 Å². The fourth-order valence-corrected chi connectivity index (χ4v) is 1.92. The fourth-order valence-electron chi connectivity index (χ4n) is 1.20. The molecule has 100 valence electrons. The van der Waals surface area contributed by atoms with Crippen LogP contribution in [0.5, 0.6) is 0 Å². The number of hydrogen-bond acceptors (Lipinski definition) is 4. The van der Waals surface area contributed by atoms with E-state index in [0.29, 0.717) is 12.1 Å². The zero-order valence-electron chi connectivity index (χ0n) is 8.79. The summed E-state index contributed by atoms with van der Waals surface area (Å²) in [4.78, 5) is 9.42. The highest BCUT2D eigenvalue weighted by Crippen LogP contribution is 2.35. The van der Waals surface area contributed by atoms with Crippen LogP contribution in [0.2, 0.25) is 0 Å². The predicted molar refractivity (Wildman–Crippen MR) is 51.1 cm³/mol. The average molecular weight is 286 g/mol. The Kier molecular flexibility index (Phi) is 3.65. The van der Waals surface area contributed by atoms with Crippen molar-refractivity contribution >= 4 is 16.2 Å². The van der Waals surface area contributed by atoms with Gasteiger partial charge < -0.3 is 4.74 Å². The van der Waals surface area contributed by atoms with Crippen molar-refractivity contribution in [2.24, 2.45) is 0 Å². The van der Waals surface area contributed by atoms with Crippen molar-refractivity contribution in [1.82, 2.24) is 0 Å². The second kappa shape index (κ2) is 4.56. The van der Waals surface area contributed by atoms with Crippen LogP contribution in [0.15, 0.2) is 23.1 Å². The third-order valence-electron chi connectivity index (χ3n) is 1.97. The van der Waals surface area contributed by atoms with Crippen molar-refractivity contribution in [3.05, 3.63) is 29.3 Å². The summed E-state index contributed by atoms with van der Waals surface area (Å²) in [7, 11) is -4.66. The molecule has 0 saturated heterocycles. The highest BCUT2D eigenvalue weighted by atomic mass is 32.3. The molecule has 0 saturated carbocycles. The highest BCUT2D eigenvalue weighted by Gasteiger charge is 2.37. The molecule has 4 nitrogen and oxygen atoms in total. The van der Waals surface area contributed by atoms with Crippen LogP contribution in [0.1, 0.15) is 15.9 Å². The average Bonchev–Trinajstić information content (AvgIpc) is 2.24. The number of esters is 1. The lowest BCUT2D eigenvalue weighted by atomic mass is 10.1. The molecule has 0 spiro atoms. The Morgan fingerprint density at radius 1 is 1.28 bits per heavy atom. The standard InChI is InChI=1S/C9H6F4O4S/c1-17-8(14)5-2-3-6(9(10,11)12)7(4-5)18(13,15)16/h2-4H,1H3. The zero-order valence-corrected chi connectivity index (χ0v) is 9.60. The molecule has 0 radical (unpaired) electrons. The van der Waals surface area contributed by atoms with Crippen molar-refractivity contribution in [3.63, 3.8) is 0 Å². The molecule has 0 amide bonds. The third kappa shape index (κ3) is 2.97. The number of halogens is 4. The third-order valence-corrected chi connectivity index (χ3v) is 2.83. The SMILES string of the molecule is COC(=O)c1ccc(C(F)(F)F)c(S(=O)(=O)F)c1. The first-order valence-corrected chi connectivity index (χ1v) is 5.70. The lowest BCUT2D eigenvalue weighted by Crippen LogP contribution is -2.13. The lowest BCUT2D eigenvalue weighted by molar-refractivity contribution is -0.139. The maximum atomic E-state index is 12.8. The van der Waals surface area contributed by atoms with E-state index in [2.05, 4.69) is 4.74 Å².